The fourth-order valence-electron chi connectivity index (χ4n) is 2.03. The third kappa shape index (κ3) is 4.54. The summed E-state index contributed by atoms with van der Waals surface area (Å²) in [5, 5.41) is 24.2. The summed E-state index contributed by atoms with van der Waals surface area (Å²) in [6.45, 7) is 3.60. The van der Waals surface area contributed by atoms with Gasteiger partial charge in [-0.05, 0) is 37.1 Å². The predicted octanol–water partition coefficient (Wildman–Crippen LogP) is 2.45. The maximum Gasteiger partial charge on any atom is 0.311 e. The minimum absolute atomic E-state index is 0.116. The Morgan fingerprint density at radius 2 is 2.04 bits per heavy atom. The van der Waals surface area contributed by atoms with E-state index in [1.807, 2.05) is 26.0 Å². The Morgan fingerprint density at radius 3 is 2.76 bits per heavy atom. The first-order valence-corrected chi connectivity index (χ1v) is 7.37. The number of rotatable bonds is 6. The van der Waals surface area contributed by atoms with Crippen molar-refractivity contribution in [3.8, 4) is 11.5 Å². The number of hydrogen-bond acceptors (Lipinski definition) is 6. The van der Waals surface area contributed by atoms with Gasteiger partial charge >= 0.3 is 5.69 Å². The summed E-state index contributed by atoms with van der Waals surface area (Å²) in [5.74, 6) is -0.408. The van der Waals surface area contributed by atoms with Crippen molar-refractivity contribution in [2.75, 3.05) is 6.61 Å². The van der Waals surface area contributed by atoms with Crippen molar-refractivity contribution in [2.24, 2.45) is 5.10 Å². The molecule has 0 saturated carbocycles. The predicted molar refractivity (Wildman–Crippen MR) is 91.9 cm³/mol. The Balaban J connectivity index is 1.94. The number of amides is 1. The SMILES string of the molecule is Cc1cccc(OCC(=O)NN=Cc2cccc([N+](=O)[O-])c2O)c1C. The van der Waals surface area contributed by atoms with Gasteiger partial charge in [0, 0.05) is 11.6 Å². The summed E-state index contributed by atoms with van der Waals surface area (Å²) in [7, 11) is 0. The van der Waals surface area contributed by atoms with E-state index < -0.39 is 22.3 Å². The second-order valence-corrected chi connectivity index (χ2v) is 5.25. The number of benzene rings is 2. The van der Waals surface area contributed by atoms with E-state index in [1.165, 1.54) is 18.2 Å². The summed E-state index contributed by atoms with van der Waals surface area (Å²) < 4.78 is 5.43. The van der Waals surface area contributed by atoms with Crippen LogP contribution in [0.2, 0.25) is 0 Å². The molecule has 2 rings (SSSR count). The normalized spacial score (nSPS) is 10.6. The quantitative estimate of drug-likeness (QED) is 0.475. The van der Waals surface area contributed by atoms with E-state index in [-0.39, 0.29) is 12.2 Å². The van der Waals surface area contributed by atoms with Crippen molar-refractivity contribution in [1.29, 1.82) is 0 Å². The minimum atomic E-state index is -0.705. The molecular formula is C17H17N3O5. The van der Waals surface area contributed by atoms with E-state index in [0.717, 1.165) is 17.3 Å². The molecule has 0 spiro atoms. The molecule has 0 aliphatic heterocycles. The molecule has 0 atom stereocenters. The second kappa shape index (κ2) is 7.91. The Labute approximate surface area is 143 Å². The molecular weight excluding hydrogens is 326 g/mol. The highest BCUT2D eigenvalue weighted by Gasteiger charge is 2.15. The topological polar surface area (TPSA) is 114 Å². The van der Waals surface area contributed by atoms with E-state index >= 15 is 0 Å². The fraction of sp³-hybridized carbons (Fsp3) is 0.176. The molecule has 0 aliphatic carbocycles. The average Bonchev–Trinajstić information content (AvgIpc) is 2.57. The van der Waals surface area contributed by atoms with Crippen LogP contribution < -0.4 is 10.2 Å². The molecule has 0 fully saturated rings. The molecule has 0 aromatic heterocycles. The van der Waals surface area contributed by atoms with E-state index in [1.54, 1.807) is 6.07 Å². The summed E-state index contributed by atoms with van der Waals surface area (Å²) in [4.78, 5) is 21.8. The average molecular weight is 343 g/mol. The summed E-state index contributed by atoms with van der Waals surface area (Å²) in [6.07, 6.45) is 1.12. The summed E-state index contributed by atoms with van der Waals surface area (Å²) >= 11 is 0. The number of phenols is 1. The number of aromatic hydroxyl groups is 1. The van der Waals surface area contributed by atoms with Gasteiger partial charge < -0.3 is 9.84 Å². The molecule has 0 aliphatic rings. The molecule has 0 unspecified atom stereocenters. The maximum absolute atomic E-state index is 11.7. The highest BCUT2D eigenvalue weighted by atomic mass is 16.6. The van der Waals surface area contributed by atoms with Crippen LogP contribution in [-0.4, -0.2) is 28.8 Å². The molecule has 2 N–H and O–H groups in total. The number of nitrogens with one attached hydrogen (secondary N) is 1. The Bertz CT molecular complexity index is 833. The molecule has 0 bridgehead atoms. The van der Waals surface area contributed by atoms with Gasteiger partial charge in [0.15, 0.2) is 6.61 Å². The minimum Gasteiger partial charge on any atom is -0.502 e. The van der Waals surface area contributed by atoms with Gasteiger partial charge in [0.1, 0.15) is 5.75 Å². The van der Waals surface area contributed by atoms with Gasteiger partial charge in [-0.25, -0.2) is 5.43 Å². The van der Waals surface area contributed by atoms with Gasteiger partial charge in [-0.15, -0.1) is 0 Å². The number of carbonyl (C=O) groups is 1. The lowest BCUT2D eigenvalue weighted by atomic mass is 10.1. The summed E-state index contributed by atoms with van der Waals surface area (Å²) in [5.41, 5.74) is 3.91. The molecule has 130 valence electrons. The van der Waals surface area contributed by atoms with Gasteiger partial charge in [0.25, 0.3) is 5.91 Å². The lowest BCUT2D eigenvalue weighted by Gasteiger charge is -2.09. The first-order chi connectivity index (χ1) is 11.9. The van der Waals surface area contributed by atoms with E-state index in [0.29, 0.717) is 5.75 Å². The number of hydrogen-bond donors (Lipinski definition) is 2. The van der Waals surface area contributed by atoms with Crippen LogP contribution in [0.3, 0.4) is 0 Å². The second-order valence-electron chi connectivity index (χ2n) is 5.25. The Kier molecular flexibility index (Phi) is 5.67. The van der Waals surface area contributed by atoms with Crippen LogP contribution in [0.5, 0.6) is 11.5 Å². The zero-order valence-corrected chi connectivity index (χ0v) is 13.7. The molecule has 2 aromatic rings. The van der Waals surface area contributed by atoms with Gasteiger partial charge in [0.05, 0.1) is 11.1 Å². The summed E-state index contributed by atoms with van der Waals surface area (Å²) in [6, 6.07) is 9.55. The first-order valence-electron chi connectivity index (χ1n) is 7.37. The first kappa shape index (κ1) is 17.9. The van der Waals surface area contributed by atoms with Crippen LogP contribution >= 0.6 is 0 Å². The van der Waals surface area contributed by atoms with E-state index in [9.17, 15) is 20.0 Å². The monoisotopic (exact) mass is 343 g/mol. The zero-order valence-electron chi connectivity index (χ0n) is 13.7. The lowest BCUT2D eigenvalue weighted by Crippen LogP contribution is -2.24. The highest BCUT2D eigenvalue weighted by Crippen LogP contribution is 2.27. The number of nitro groups is 1. The third-order valence-electron chi connectivity index (χ3n) is 3.55. The lowest BCUT2D eigenvalue weighted by molar-refractivity contribution is -0.385. The highest BCUT2D eigenvalue weighted by molar-refractivity contribution is 5.87. The van der Waals surface area contributed by atoms with Gasteiger partial charge in [-0.1, -0.05) is 18.2 Å². The van der Waals surface area contributed by atoms with Crippen molar-refractivity contribution < 1.29 is 19.6 Å². The number of nitrogens with zero attached hydrogens (tertiary/aromatic N) is 2. The number of hydrazone groups is 1. The Morgan fingerprint density at radius 1 is 1.32 bits per heavy atom. The molecule has 1 amide bonds. The maximum atomic E-state index is 11.7. The van der Waals surface area contributed by atoms with Crippen LogP contribution in [0.25, 0.3) is 0 Å². The number of ether oxygens (including phenoxy) is 1. The smallest absolute Gasteiger partial charge is 0.311 e. The Hall–Kier alpha value is -3.42. The van der Waals surface area contributed by atoms with Gasteiger partial charge in [-0.3, -0.25) is 14.9 Å². The van der Waals surface area contributed by atoms with Crippen molar-refractivity contribution in [3.05, 3.63) is 63.2 Å². The van der Waals surface area contributed by atoms with E-state index in [2.05, 4.69) is 10.5 Å². The number of phenolic OH excluding ortho intramolecular Hbond substituents is 1. The van der Waals surface area contributed by atoms with Crippen molar-refractivity contribution >= 4 is 17.8 Å². The fourth-order valence-corrected chi connectivity index (χ4v) is 2.03. The number of carbonyl (C=O) groups excluding carboxylic acids is 1. The van der Waals surface area contributed by atoms with Crippen molar-refractivity contribution in [2.45, 2.75) is 13.8 Å². The van der Waals surface area contributed by atoms with Crippen LogP contribution in [0, 0.1) is 24.0 Å². The van der Waals surface area contributed by atoms with E-state index in [4.69, 9.17) is 4.74 Å². The molecule has 0 heterocycles. The van der Waals surface area contributed by atoms with Crippen molar-refractivity contribution in [3.63, 3.8) is 0 Å². The molecule has 2 aromatic carbocycles. The number of para-hydroxylation sites is 1. The van der Waals surface area contributed by atoms with Crippen LogP contribution in [-0.2, 0) is 4.79 Å². The van der Waals surface area contributed by atoms with Crippen molar-refractivity contribution in [1.82, 2.24) is 5.43 Å². The largest absolute Gasteiger partial charge is 0.502 e. The van der Waals surface area contributed by atoms with Crippen LogP contribution in [0.1, 0.15) is 16.7 Å². The molecule has 0 saturated heterocycles. The van der Waals surface area contributed by atoms with Gasteiger partial charge in [-0.2, -0.15) is 5.10 Å². The van der Waals surface area contributed by atoms with Crippen LogP contribution in [0.15, 0.2) is 41.5 Å². The third-order valence-corrected chi connectivity index (χ3v) is 3.55. The van der Waals surface area contributed by atoms with Gasteiger partial charge in [0.2, 0.25) is 5.75 Å². The zero-order chi connectivity index (χ0) is 18.4. The molecule has 0 radical (unpaired) electrons. The molecule has 25 heavy (non-hydrogen) atoms. The molecule has 8 heteroatoms. The standard InChI is InChI=1S/C17H17N3O5/c1-11-5-3-8-15(12(11)2)25-10-16(21)19-18-9-13-6-4-7-14(17(13)22)20(23)24/h3-9,22H,10H2,1-2H3,(H,19,21). The number of nitro benzene ring substituents is 1. The van der Waals surface area contributed by atoms with Crippen LogP contribution in [0.4, 0.5) is 5.69 Å². The molecule has 8 nitrogen and oxygen atoms in total. The number of aryl methyl sites for hydroxylation is 1.